The van der Waals surface area contributed by atoms with Crippen LogP contribution < -0.4 is 4.74 Å². The Kier molecular flexibility index (Phi) is 5.85. The molecule has 33 heavy (non-hydrogen) atoms. The highest BCUT2D eigenvalue weighted by Gasteiger charge is 2.55. The number of ether oxygens (including phenoxy) is 1. The van der Waals surface area contributed by atoms with Crippen molar-refractivity contribution in [3.8, 4) is 5.88 Å². The number of likely N-dealkylation sites (tertiary alicyclic amines) is 2. The Morgan fingerprint density at radius 3 is 2.73 bits per heavy atom. The highest BCUT2D eigenvalue weighted by molar-refractivity contribution is 5.85. The normalized spacial score (nSPS) is 23.4. The minimum atomic E-state index is -0.464. The molecule has 0 N–H and O–H groups in total. The molecule has 0 saturated carbocycles. The molecule has 0 unspecified atom stereocenters. The van der Waals surface area contributed by atoms with Crippen LogP contribution in [-0.4, -0.2) is 62.2 Å². The van der Waals surface area contributed by atoms with Gasteiger partial charge in [0, 0.05) is 81.7 Å². The van der Waals surface area contributed by atoms with Gasteiger partial charge in [-0.3, -0.25) is 19.4 Å². The monoisotopic (exact) mass is 446 g/mol. The van der Waals surface area contributed by atoms with E-state index in [1.54, 1.807) is 25.7 Å². The van der Waals surface area contributed by atoms with Gasteiger partial charge >= 0.3 is 0 Å². The molecule has 8 heteroatoms. The van der Waals surface area contributed by atoms with E-state index in [1.165, 1.54) is 0 Å². The van der Waals surface area contributed by atoms with Gasteiger partial charge in [-0.25, -0.2) is 4.98 Å². The summed E-state index contributed by atoms with van der Waals surface area (Å²) in [5.74, 6) is 0.975. The summed E-state index contributed by atoms with van der Waals surface area (Å²) in [6.07, 6.45) is 9.03. The van der Waals surface area contributed by atoms with Gasteiger partial charge in [0.15, 0.2) is 0 Å². The van der Waals surface area contributed by atoms with E-state index in [2.05, 4.69) is 26.0 Å². The van der Waals surface area contributed by atoms with E-state index in [0.717, 1.165) is 42.8 Å². The fourth-order valence-electron chi connectivity index (χ4n) is 5.64. The van der Waals surface area contributed by atoms with Crippen LogP contribution in [0.3, 0.4) is 0 Å². The van der Waals surface area contributed by atoms with Crippen LogP contribution in [0.15, 0.2) is 55.1 Å². The van der Waals surface area contributed by atoms with E-state index in [9.17, 15) is 4.79 Å². The molecule has 0 aromatic carbocycles. The summed E-state index contributed by atoms with van der Waals surface area (Å²) in [7, 11) is 3.62. The summed E-state index contributed by atoms with van der Waals surface area (Å²) >= 11 is 0. The zero-order valence-corrected chi connectivity index (χ0v) is 19.2. The van der Waals surface area contributed by atoms with E-state index in [0.29, 0.717) is 25.5 Å². The van der Waals surface area contributed by atoms with Gasteiger partial charge in [0.25, 0.3) is 0 Å². The zero-order chi connectivity index (χ0) is 22.8. The molecule has 2 atom stereocenters. The van der Waals surface area contributed by atoms with E-state index in [1.807, 2.05) is 47.1 Å². The van der Waals surface area contributed by atoms with Crippen LogP contribution in [0, 0.1) is 5.41 Å². The van der Waals surface area contributed by atoms with Gasteiger partial charge in [0.1, 0.15) is 0 Å². The Morgan fingerprint density at radius 2 is 1.97 bits per heavy atom. The number of pyridine rings is 2. The van der Waals surface area contributed by atoms with E-state index in [4.69, 9.17) is 4.74 Å². The first kappa shape index (κ1) is 21.6. The predicted octanol–water partition coefficient (Wildman–Crippen LogP) is 2.63. The van der Waals surface area contributed by atoms with Crippen LogP contribution in [0.1, 0.15) is 35.6 Å². The fourth-order valence-corrected chi connectivity index (χ4v) is 5.64. The first-order valence-corrected chi connectivity index (χ1v) is 11.5. The van der Waals surface area contributed by atoms with Crippen molar-refractivity contribution in [1.29, 1.82) is 0 Å². The first-order chi connectivity index (χ1) is 16.1. The van der Waals surface area contributed by atoms with Crippen LogP contribution in [0.2, 0.25) is 0 Å². The van der Waals surface area contributed by atoms with Crippen molar-refractivity contribution >= 4 is 5.91 Å². The second-order valence-electron chi connectivity index (χ2n) is 9.12. The Morgan fingerprint density at radius 1 is 1.12 bits per heavy atom. The number of hydrogen-bond donors (Lipinski definition) is 0. The number of rotatable bonds is 6. The van der Waals surface area contributed by atoms with Crippen LogP contribution in [-0.2, 0) is 24.9 Å². The predicted molar refractivity (Wildman–Crippen MR) is 123 cm³/mol. The molecule has 1 amide bonds. The lowest BCUT2D eigenvalue weighted by atomic mass is 9.70. The minimum Gasteiger partial charge on any atom is -0.481 e. The summed E-state index contributed by atoms with van der Waals surface area (Å²) < 4.78 is 7.41. The van der Waals surface area contributed by atoms with Crippen LogP contribution in [0.5, 0.6) is 5.88 Å². The fraction of sp³-hybridized carbons (Fsp3) is 0.440. The highest BCUT2D eigenvalue weighted by Crippen LogP contribution is 2.50. The van der Waals surface area contributed by atoms with Crippen molar-refractivity contribution in [1.82, 2.24) is 29.5 Å². The lowest BCUT2D eigenvalue weighted by Gasteiger charge is -2.42. The molecule has 2 aliphatic heterocycles. The molecule has 1 spiro atoms. The van der Waals surface area contributed by atoms with E-state index >= 15 is 0 Å². The number of amides is 1. The van der Waals surface area contributed by atoms with Crippen molar-refractivity contribution in [3.05, 3.63) is 71.9 Å². The number of aryl methyl sites for hydroxylation is 1. The van der Waals surface area contributed by atoms with Gasteiger partial charge < -0.3 is 9.64 Å². The maximum atomic E-state index is 14.1. The van der Waals surface area contributed by atoms with Crippen LogP contribution in [0.4, 0.5) is 0 Å². The second kappa shape index (κ2) is 8.94. The number of carbonyl (C=O) groups excluding carboxylic acids is 1. The maximum absolute atomic E-state index is 14.1. The second-order valence-corrected chi connectivity index (χ2v) is 9.12. The molecule has 5 rings (SSSR count). The SMILES string of the molecule is COc1ncccc1CN1C[C@@H](c2ccnn2C)[C@@]2(CCCN(Cc3ccncc3)C2=O)C1. The van der Waals surface area contributed by atoms with Crippen molar-refractivity contribution in [2.24, 2.45) is 12.5 Å². The minimum absolute atomic E-state index is 0.0837. The number of methoxy groups -OCH3 is 1. The summed E-state index contributed by atoms with van der Waals surface area (Å²) in [5, 5.41) is 4.42. The maximum Gasteiger partial charge on any atom is 0.231 e. The van der Waals surface area contributed by atoms with Crippen molar-refractivity contribution in [3.63, 3.8) is 0 Å². The molecule has 2 fully saturated rings. The van der Waals surface area contributed by atoms with Crippen LogP contribution in [0.25, 0.3) is 0 Å². The van der Waals surface area contributed by atoms with Gasteiger partial charge in [0.05, 0.1) is 12.5 Å². The molecule has 8 nitrogen and oxygen atoms in total. The third-order valence-electron chi connectivity index (χ3n) is 7.15. The summed E-state index contributed by atoms with van der Waals surface area (Å²) in [6, 6.07) is 10.0. The van der Waals surface area contributed by atoms with Crippen molar-refractivity contribution < 1.29 is 9.53 Å². The lowest BCUT2D eigenvalue weighted by Crippen LogP contribution is -2.52. The third-order valence-corrected chi connectivity index (χ3v) is 7.15. The molecule has 3 aromatic heterocycles. The van der Waals surface area contributed by atoms with Crippen molar-refractivity contribution in [2.75, 3.05) is 26.7 Å². The number of carbonyl (C=O) groups is 1. The smallest absolute Gasteiger partial charge is 0.231 e. The zero-order valence-electron chi connectivity index (χ0n) is 19.2. The number of hydrogen-bond acceptors (Lipinski definition) is 6. The molecule has 5 heterocycles. The first-order valence-electron chi connectivity index (χ1n) is 11.5. The summed E-state index contributed by atoms with van der Waals surface area (Å²) in [5.41, 5.74) is 2.81. The van der Waals surface area contributed by atoms with Gasteiger partial charge in [-0.15, -0.1) is 0 Å². The average molecular weight is 447 g/mol. The molecular formula is C25H30N6O2. The molecule has 172 valence electrons. The van der Waals surface area contributed by atoms with E-state index < -0.39 is 5.41 Å². The quantitative estimate of drug-likeness (QED) is 0.579. The summed E-state index contributed by atoms with van der Waals surface area (Å²) in [4.78, 5) is 27.0. The number of aromatic nitrogens is 4. The van der Waals surface area contributed by atoms with Crippen LogP contribution >= 0.6 is 0 Å². The molecule has 3 aromatic rings. The lowest BCUT2D eigenvalue weighted by molar-refractivity contribution is -0.147. The van der Waals surface area contributed by atoms with Crippen molar-refractivity contribution in [2.45, 2.75) is 31.8 Å². The van der Waals surface area contributed by atoms with Gasteiger partial charge in [-0.2, -0.15) is 5.10 Å². The number of nitrogens with zero attached hydrogens (tertiary/aromatic N) is 6. The topological polar surface area (TPSA) is 76.4 Å². The van der Waals surface area contributed by atoms with Gasteiger partial charge in [-0.1, -0.05) is 6.07 Å². The standard InChI is InChI=1S/C25H30N6O2/c1-29-22(8-13-28-29)21-17-30(16-20-5-3-10-27-23(20)33-2)18-25(21)9-4-14-31(24(25)32)15-19-6-11-26-12-7-19/h3,5-8,10-13,21H,4,9,14-18H2,1-2H3/t21-,25+/m0/s1. The average Bonchev–Trinajstić information content (AvgIpc) is 3.41. The third kappa shape index (κ3) is 3.99. The number of piperidine rings is 1. The van der Waals surface area contributed by atoms with E-state index in [-0.39, 0.29) is 11.8 Å². The highest BCUT2D eigenvalue weighted by atomic mass is 16.5. The Labute approximate surface area is 194 Å². The largest absolute Gasteiger partial charge is 0.481 e. The van der Waals surface area contributed by atoms with Gasteiger partial charge in [-0.05, 0) is 42.7 Å². The Bertz CT molecular complexity index is 1120. The molecular weight excluding hydrogens is 416 g/mol. The molecule has 2 aliphatic rings. The Balaban J connectivity index is 1.46. The Hall–Kier alpha value is -3.26. The molecule has 2 saturated heterocycles. The molecule has 0 radical (unpaired) electrons. The van der Waals surface area contributed by atoms with Gasteiger partial charge in [0.2, 0.25) is 11.8 Å². The molecule has 0 bridgehead atoms. The molecule has 0 aliphatic carbocycles. The summed E-state index contributed by atoms with van der Waals surface area (Å²) in [6.45, 7) is 3.62.